The zero-order valence-corrected chi connectivity index (χ0v) is 41.4. The summed E-state index contributed by atoms with van der Waals surface area (Å²) in [5, 5.41) is 23.2. The molecule has 0 fully saturated rings. The van der Waals surface area contributed by atoms with Crippen molar-refractivity contribution in [2.75, 3.05) is 13.2 Å². The van der Waals surface area contributed by atoms with Crippen LogP contribution in [0.5, 0.6) is 0 Å². The van der Waals surface area contributed by atoms with Gasteiger partial charge in [-0.2, -0.15) is 0 Å². The molecule has 0 aromatic rings. The highest BCUT2D eigenvalue weighted by Crippen LogP contribution is 2.18. The third kappa shape index (κ3) is 48.2. The minimum Gasteiger partial charge on any atom is -0.466 e. The Morgan fingerprint density at radius 3 is 1.00 bits per heavy atom. The highest BCUT2D eigenvalue weighted by atomic mass is 16.5. The third-order valence-corrected chi connectivity index (χ3v) is 13.2. The molecule has 2 atom stereocenters. The van der Waals surface area contributed by atoms with Gasteiger partial charge in [0.15, 0.2) is 0 Å². The Morgan fingerprint density at radius 1 is 0.393 bits per heavy atom. The summed E-state index contributed by atoms with van der Waals surface area (Å²) in [5.41, 5.74) is 0. The fourth-order valence-corrected chi connectivity index (χ4v) is 8.88. The van der Waals surface area contributed by atoms with E-state index in [1.165, 1.54) is 244 Å². The maximum Gasteiger partial charge on any atom is 0.305 e. The summed E-state index contributed by atoms with van der Waals surface area (Å²) in [6.07, 6.45) is 58.1. The maximum absolute atomic E-state index is 12.4. The molecular weight excluding hydrogens is 755 g/mol. The quantitative estimate of drug-likeness (QED) is 0.0418. The van der Waals surface area contributed by atoms with Gasteiger partial charge in [0.2, 0.25) is 5.91 Å². The smallest absolute Gasteiger partial charge is 0.305 e. The van der Waals surface area contributed by atoms with Crippen molar-refractivity contribution in [3.8, 4) is 0 Å². The van der Waals surface area contributed by atoms with E-state index in [1.54, 1.807) is 0 Å². The molecule has 3 N–H and O–H groups in total. The van der Waals surface area contributed by atoms with E-state index in [-0.39, 0.29) is 18.5 Å². The van der Waals surface area contributed by atoms with E-state index in [0.717, 1.165) is 38.5 Å². The van der Waals surface area contributed by atoms with Gasteiger partial charge in [-0.05, 0) is 25.7 Å². The molecular formula is C55H109NO5. The molecule has 0 aromatic carbocycles. The molecule has 61 heavy (non-hydrogen) atoms. The number of nitrogens with one attached hydrogen (secondary N) is 1. The summed E-state index contributed by atoms with van der Waals surface area (Å²) in [6.45, 7) is 4.95. The van der Waals surface area contributed by atoms with Crippen LogP contribution in [0.1, 0.15) is 316 Å². The zero-order valence-electron chi connectivity index (χ0n) is 41.4. The van der Waals surface area contributed by atoms with Crippen LogP contribution in [0.2, 0.25) is 0 Å². The Hall–Kier alpha value is -1.14. The Balaban J connectivity index is 3.35. The molecule has 2 unspecified atom stereocenters. The van der Waals surface area contributed by atoms with Crippen LogP contribution in [0, 0.1) is 0 Å². The number of hydrogen-bond donors (Lipinski definition) is 3. The molecule has 0 aliphatic carbocycles. The molecule has 6 heteroatoms. The SMILES string of the molecule is CCCCCCCCCCCCCCC(=O)OCCCCCCCCCCCCCCCCCCCCCCCC(=O)NC(CO)C(O)CCCCCCCCCCCCC. The number of carbonyl (C=O) groups is 2. The van der Waals surface area contributed by atoms with Gasteiger partial charge in [-0.3, -0.25) is 9.59 Å². The number of aliphatic hydroxyl groups excluding tert-OH is 2. The van der Waals surface area contributed by atoms with Crippen molar-refractivity contribution in [2.24, 2.45) is 0 Å². The minimum atomic E-state index is -0.662. The minimum absolute atomic E-state index is 0.0132. The average molecular weight is 864 g/mol. The van der Waals surface area contributed by atoms with E-state index in [9.17, 15) is 19.8 Å². The van der Waals surface area contributed by atoms with Crippen molar-refractivity contribution in [3.05, 3.63) is 0 Å². The Kier molecular flexibility index (Phi) is 50.5. The van der Waals surface area contributed by atoms with Gasteiger partial charge in [-0.15, -0.1) is 0 Å². The van der Waals surface area contributed by atoms with Gasteiger partial charge in [0.25, 0.3) is 0 Å². The number of ether oxygens (including phenoxy) is 1. The van der Waals surface area contributed by atoms with E-state index in [4.69, 9.17) is 4.74 Å². The van der Waals surface area contributed by atoms with Crippen LogP contribution < -0.4 is 5.32 Å². The number of aliphatic hydroxyl groups is 2. The van der Waals surface area contributed by atoms with Gasteiger partial charge in [0.05, 0.1) is 25.4 Å². The Morgan fingerprint density at radius 2 is 0.672 bits per heavy atom. The van der Waals surface area contributed by atoms with Crippen molar-refractivity contribution in [1.82, 2.24) is 5.32 Å². The second-order valence-corrected chi connectivity index (χ2v) is 19.3. The first-order valence-corrected chi connectivity index (χ1v) is 27.8. The van der Waals surface area contributed by atoms with Crippen molar-refractivity contribution in [2.45, 2.75) is 328 Å². The maximum atomic E-state index is 12.4. The first kappa shape index (κ1) is 59.9. The molecule has 0 saturated carbocycles. The van der Waals surface area contributed by atoms with Crippen LogP contribution in [0.3, 0.4) is 0 Å². The predicted molar refractivity (Wildman–Crippen MR) is 264 cm³/mol. The van der Waals surface area contributed by atoms with E-state index in [1.807, 2.05) is 0 Å². The van der Waals surface area contributed by atoms with Crippen LogP contribution in [-0.2, 0) is 14.3 Å². The lowest BCUT2D eigenvalue weighted by molar-refractivity contribution is -0.143. The molecule has 0 aliphatic heterocycles. The first-order valence-electron chi connectivity index (χ1n) is 27.8. The van der Waals surface area contributed by atoms with E-state index in [0.29, 0.717) is 25.9 Å². The van der Waals surface area contributed by atoms with Crippen LogP contribution in [0.4, 0.5) is 0 Å². The topological polar surface area (TPSA) is 95.9 Å². The van der Waals surface area contributed by atoms with E-state index >= 15 is 0 Å². The summed E-state index contributed by atoms with van der Waals surface area (Å²) in [5.74, 6) is -0.0223. The zero-order chi connectivity index (χ0) is 44.4. The summed E-state index contributed by atoms with van der Waals surface area (Å²) >= 11 is 0. The largest absolute Gasteiger partial charge is 0.466 e. The van der Waals surface area contributed by atoms with Gasteiger partial charge >= 0.3 is 5.97 Å². The molecule has 0 heterocycles. The molecule has 0 radical (unpaired) electrons. The standard InChI is InChI=1S/C55H109NO5/c1-3-5-7-9-11-13-15-29-33-37-41-45-49-55(60)61-50-46-42-38-34-30-26-24-22-20-18-16-17-19-21-23-25-28-32-36-40-44-48-54(59)56-52(51-57)53(58)47-43-39-35-31-27-14-12-10-8-6-4-2/h52-53,57-58H,3-51H2,1-2H3,(H,56,59). The van der Waals surface area contributed by atoms with Gasteiger partial charge in [0, 0.05) is 12.8 Å². The molecule has 1 amide bonds. The number of carbonyl (C=O) groups excluding carboxylic acids is 2. The number of hydrogen-bond acceptors (Lipinski definition) is 5. The normalized spacial score (nSPS) is 12.5. The van der Waals surface area contributed by atoms with E-state index < -0.39 is 12.1 Å². The van der Waals surface area contributed by atoms with Crippen LogP contribution >= 0.6 is 0 Å². The molecule has 364 valence electrons. The second kappa shape index (κ2) is 51.5. The third-order valence-electron chi connectivity index (χ3n) is 13.2. The lowest BCUT2D eigenvalue weighted by Gasteiger charge is -2.22. The molecule has 0 aliphatic rings. The van der Waals surface area contributed by atoms with Gasteiger partial charge in [-0.25, -0.2) is 0 Å². The summed E-state index contributed by atoms with van der Waals surface area (Å²) < 4.78 is 5.47. The van der Waals surface area contributed by atoms with Gasteiger partial charge < -0.3 is 20.3 Å². The number of rotatable bonds is 52. The summed E-state index contributed by atoms with van der Waals surface area (Å²) in [7, 11) is 0. The molecule has 0 aromatic heterocycles. The highest BCUT2D eigenvalue weighted by Gasteiger charge is 2.20. The average Bonchev–Trinajstić information content (AvgIpc) is 3.26. The van der Waals surface area contributed by atoms with Crippen LogP contribution in [-0.4, -0.2) is 47.4 Å². The molecule has 0 bridgehead atoms. The van der Waals surface area contributed by atoms with E-state index in [2.05, 4.69) is 19.2 Å². The Labute approximate surface area is 381 Å². The summed E-state index contributed by atoms with van der Waals surface area (Å²) in [4.78, 5) is 24.4. The highest BCUT2D eigenvalue weighted by molar-refractivity contribution is 5.76. The van der Waals surface area contributed by atoms with Crippen molar-refractivity contribution in [1.29, 1.82) is 0 Å². The lowest BCUT2D eigenvalue weighted by Crippen LogP contribution is -2.45. The molecule has 0 saturated heterocycles. The predicted octanol–water partition coefficient (Wildman–Crippen LogP) is 16.7. The molecule has 0 rings (SSSR count). The van der Waals surface area contributed by atoms with Crippen molar-refractivity contribution < 1.29 is 24.5 Å². The second-order valence-electron chi connectivity index (χ2n) is 19.3. The fraction of sp³-hybridized carbons (Fsp3) is 0.964. The molecule has 6 nitrogen and oxygen atoms in total. The van der Waals surface area contributed by atoms with Crippen LogP contribution in [0.15, 0.2) is 0 Å². The van der Waals surface area contributed by atoms with Crippen molar-refractivity contribution >= 4 is 11.9 Å². The number of unbranched alkanes of at least 4 members (excludes halogenated alkanes) is 41. The summed E-state index contributed by atoms with van der Waals surface area (Å²) in [6, 6.07) is -0.539. The first-order chi connectivity index (χ1) is 30.0. The van der Waals surface area contributed by atoms with Gasteiger partial charge in [-0.1, -0.05) is 277 Å². The number of esters is 1. The Bertz CT molecular complexity index is 867. The van der Waals surface area contributed by atoms with Gasteiger partial charge in [0.1, 0.15) is 0 Å². The van der Waals surface area contributed by atoms with Crippen LogP contribution in [0.25, 0.3) is 0 Å². The number of amides is 1. The molecule has 0 spiro atoms. The monoisotopic (exact) mass is 864 g/mol. The van der Waals surface area contributed by atoms with Crippen molar-refractivity contribution in [3.63, 3.8) is 0 Å². The fourth-order valence-electron chi connectivity index (χ4n) is 8.88. The lowest BCUT2D eigenvalue weighted by atomic mass is 10.0.